The van der Waals surface area contributed by atoms with Crippen LogP contribution in [-0.2, 0) is 6.54 Å². The molecule has 5 aromatic rings. The van der Waals surface area contributed by atoms with Gasteiger partial charge in [-0.2, -0.15) is 5.26 Å². The molecule has 6 rings (SSSR count). The molecule has 1 aliphatic heterocycles. The van der Waals surface area contributed by atoms with Gasteiger partial charge >= 0.3 is 0 Å². The van der Waals surface area contributed by atoms with E-state index < -0.39 is 0 Å². The summed E-state index contributed by atoms with van der Waals surface area (Å²) >= 11 is 0. The van der Waals surface area contributed by atoms with E-state index in [9.17, 15) is 10.1 Å². The van der Waals surface area contributed by atoms with Gasteiger partial charge < -0.3 is 9.64 Å². The summed E-state index contributed by atoms with van der Waals surface area (Å²) in [5, 5.41) is 9.27. The van der Waals surface area contributed by atoms with E-state index in [4.69, 9.17) is 4.74 Å². The van der Waals surface area contributed by atoms with E-state index in [2.05, 4.69) is 33.0 Å². The summed E-state index contributed by atoms with van der Waals surface area (Å²) in [6.45, 7) is 3.25. The van der Waals surface area contributed by atoms with Gasteiger partial charge in [0, 0.05) is 17.8 Å². The Morgan fingerprint density at radius 1 is 1.08 bits per heavy atom. The second kappa shape index (κ2) is 10.1. The highest BCUT2D eigenvalue weighted by Gasteiger charge is 2.17. The van der Waals surface area contributed by atoms with Gasteiger partial charge in [0.2, 0.25) is 5.78 Å². The van der Waals surface area contributed by atoms with E-state index in [0.717, 1.165) is 48.1 Å². The number of imidazole rings is 1. The van der Waals surface area contributed by atoms with Gasteiger partial charge in [0.1, 0.15) is 0 Å². The first-order valence-electron chi connectivity index (χ1n) is 12.7. The van der Waals surface area contributed by atoms with Crippen LogP contribution in [0.5, 0.6) is 5.75 Å². The second-order valence-electron chi connectivity index (χ2n) is 9.84. The molecule has 9 nitrogen and oxygen atoms in total. The van der Waals surface area contributed by atoms with Gasteiger partial charge in [-0.15, -0.1) is 0 Å². The Labute approximate surface area is 219 Å². The van der Waals surface area contributed by atoms with E-state index in [1.807, 2.05) is 28.7 Å². The summed E-state index contributed by atoms with van der Waals surface area (Å²) < 4.78 is 9.43. The van der Waals surface area contributed by atoms with Crippen molar-refractivity contribution in [2.45, 2.75) is 19.4 Å². The third-order valence-corrected chi connectivity index (χ3v) is 7.15. The molecule has 0 aliphatic carbocycles. The van der Waals surface area contributed by atoms with E-state index >= 15 is 0 Å². The number of rotatable bonds is 6. The van der Waals surface area contributed by atoms with Crippen molar-refractivity contribution in [2.24, 2.45) is 5.92 Å². The van der Waals surface area contributed by atoms with Crippen LogP contribution in [0.1, 0.15) is 24.0 Å². The van der Waals surface area contributed by atoms with Gasteiger partial charge in [-0.05, 0) is 68.7 Å². The number of piperidine rings is 1. The third kappa shape index (κ3) is 4.74. The molecular formula is C29H27N7O2. The van der Waals surface area contributed by atoms with Crippen LogP contribution in [0, 0.1) is 17.2 Å². The number of ether oxygens (including phenoxy) is 1. The molecule has 0 bridgehead atoms. The number of nitrogens with zero attached hydrogens (tertiary/aromatic N) is 7. The van der Waals surface area contributed by atoms with Crippen molar-refractivity contribution in [1.82, 2.24) is 28.8 Å². The number of benzene rings is 2. The monoisotopic (exact) mass is 505 g/mol. The quantitative estimate of drug-likeness (QED) is 0.346. The van der Waals surface area contributed by atoms with E-state index in [1.54, 1.807) is 41.4 Å². The fourth-order valence-electron chi connectivity index (χ4n) is 4.94. The molecule has 1 aliphatic rings. The molecule has 3 aromatic heterocycles. The fraction of sp³-hybridized carbons (Fsp3) is 0.276. The zero-order chi connectivity index (χ0) is 26.1. The maximum absolute atomic E-state index is 12.8. The summed E-state index contributed by atoms with van der Waals surface area (Å²) in [6.07, 6.45) is 7.44. The topological polar surface area (TPSA) is 101 Å². The zero-order valence-corrected chi connectivity index (χ0v) is 21.1. The van der Waals surface area contributed by atoms with Crippen LogP contribution in [-0.4, -0.2) is 55.6 Å². The molecule has 38 heavy (non-hydrogen) atoms. The average Bonchev–Trinajstić information content (AvgIpc) is 3.33. The lowest BCUT2D eigenvalue weighted by Gasteiger charge is -2.28. The molecule has 9 heteroatoms. The molecule has 0 amide bonds. The Morgan fingerprint density at radius 2 is 1.89 bits per heavy atom. The van der Waals surface area contributed by atoms with Crippen LogP contribution in [0.25, 0.3) is 28.2 Å². The number of hydrogen-bond acceptors (Lipinski definition) is 7. The highest BCUT2D eigenvalue weighted by Crippen LogP contribution is 2.22. The minimum atomic E-state index is -0.152. The van der Waals surface area contributed by atoms with Crippen molar-refractivity contribution >= 4 is 16.8 Å². The first kappa shape index (κ1) is 23.8. The SMILES string of the molecule is CN1CCC(COc2cnc(-c3cccc(Cn4c(=O)ccn5c6cc(C#N)ccc6nc45)c3)nc2)CC1. The van der Waals surface area contributed by atoms with Crippen LogP contribution < -0.4 is 10.3 Å². The second-order valence-corrected chi connectivity index (χ2v) is 9.84. The van der Waals surface area contributed by atoms with Gasteiger partial charge in [0.05, 0.1) is 48.2 Å². The number of nitriles is 1. The molecule has 1 saturated heterocycles. The van der Waals surface area contributed by atoms with Crippen molar-refractivity contribution in [1.29, 1.82) is 5.26 Å². The number of hydrogen-bond donors (Lipinski definition) is 0. The lowest BCUT2D eigenvalue weighted by atomic mass is 9.98. The molecule has 4 heterocycles. The minimum absolute atomic E-state index is 0.152. The molecule has 0 unspecified atom stereocenters. The van der Waals surface area contributed by atoms with Crippen molar-refractivity contribution in [2.75, 3.05) is 26.7 Å². The number of aromatic nitrogens is 5. The molecular weight excluding hydrogens is 478 g/mol. The maximum Gasteiger partial charge on any atom is 0.255 e. The summed E-state index contributed by atoms with van der Waals surface area (Å²) in [4.78, 5) is 28.9. The summed E-state index contributed by atoms with van der Waals surface area (Å²) in [6, 6.07) is 16.8. The van der Waals surface area contributed by atoms with Crippen molar-refractivity contribution in [3.8, 4) is 23.2 Å². The number of fused-ring (bicyclic) bond motifs is 3. The average molecular weight is 506 g/mol. The molecule has 0 saturated carbocycles. The molecule has 2 aromatic carbocycles. The summed E-state index contributed by atoms with van der Waals surface area (Å²) in [7, 11) is 2.16. The van der Waals surface area contributed by atoms with Crippen LogP contribution >= 0.6 is 0 Å². The summed E-state index contributed by atoms with van der Waals surface area (Å²) in [5.41, 5.74) is 3.69. The van der Waals surface area contributed by atoms with E-state index in [0.29, 0.717) is 42.0 Å². The molecule has 0 radical (unpaired) electrons. The van der Waals surface area contributed by atoms with Gasteiger partial charge in [-0.3, -0.25) is 13.8 Å². The minimum Gasteiger partial charge on any atom is -0.490 e. The predicted molar refractivity (Wildman–Crippen MR) is 144 cm³/mol. The van der Waals surface area contributed by atoms with Crippen molar-refractivity contribution < 1.29 is 4.74 Å². The fourth-order valence-corrected chi connectivity index (χ4v) is 4.94. The highest BCUT2D eigenvalue weighted by molar-refractivity contribution is 5.81. The van der Waals surface area contributed by atoms with E-state index in [-0.39, 0.29) is 5.56 Å². The third-order valence-electron chi connectivity index (χ3n) is 7.15. The normalized spacial score (nSPS) is 14.6. The lowest BCUT2D eigenvalue weighted by molar-refractivity contribution is 0.159. The standard InChI is InChI=1S/C29H27N7O2/c1-34-10-7-20(8-11-34)19-38-24-16-31-28(32-17-24)23-4-2-3-22(13-23)18-36-27(37)9-12-35-26-14-21(15-30)5-6-25(26)33-29(35)36/h2-6,9,12-14,16-17,20H,7-8,10-11,18-19H2,1H3. The molecule has 190 valence electrons. The molecule has 0 spiro atoms. The largest absolute Gasteiger partial charge is 0.490 e. The Morgan fingerprint density at radius 3 is 2.68 bits per heavy atom. The number of likely N-dealkylation sites (tertiary alicyclic amines) is 1. The Kier molecular flexibility index (Phi) is 6.32. The van der Waals surface area contributed by atoms with Gasteiger partial charge in [-0.25, -0.2) is 15.0 Å². The smallest absolute Gasteiger partial charge is 0.255 e. The molecule has 0 N–H and O–H groups in total. The highest BCUT2D eigenvalue weighted by atomic mass is 16.5. The Balaban J connectivity index is 1.22. The zero-order valence-electron chi connectivity index (χ0n) is 21.1. The Bertz CT molecular complexity index is 1710. The predicted octanol–water partition coefficient (Wildman–Crippen LogP) is 3.75. The van der Waals surface area contributed by atoms with E-state index in [1.165, 1.54) is 6.07 Å². The Hall–Kier alpha value is -4.55. The van der Waals surface area contributed by atoms with Crippen LogP contribution in [0.2, 0.25) is 0 Å². The van der Waals surface area contributed by atoms with Crippen molar-refractivity contribution in [3.63, 3.8) is 0 Å². The lowest BCUT2D eigenvalue weighted by Crippen LogP contribution is -2.32. The van der Waals surface area contributed by atoms with Crippen molar-refractivity contribution in [3.05, 3.63) is 88.6 Å². The van der Waals surface area contributed by atoms with Gasteiger partial charge in [0.15, 0.2) is 11.6 Å². The van der Waals surface area contributed by atoms with Gasteiger partial charge in [0.25, 0.3) is 5.56 Å². The summed E-state index contributed by atoms with van der Waals surface area (Å²) in [5.74, 6) is 2.36. The molecule has 1 fully saturated rings. The van der Waals surface area contributed by atoms with Gasteiger partial charge in [-0.1, -0.05) is 18.2 Å². The van der Waals surface area contributed by atoms with Crippen LogP contribution in [0.15, 0.2) is 71.9 Å². The maximum atomic E-state index is 12.8. The van der Waals surface area contributed by atoms with Crippen LogP contribution in [0.4, 0.5) is 0 Å². The first-order chi connectivity index (χ1) is 18.6. The van der Waals surface area contributed by atoms with Crippen LogP contribution in [0.3, 0.4) is 0 Å². The molecule has 0 atom stereocenters. The first-order valence-corrected chi connectivity index (χ1v) is 12.7.